The zero-order chi connectivity index (χ0) is 23.0. The largest absolute Gasteiger partial charge is 0.484 e. The Morgan fingerprint density at radius 2 is 1.67 bits per heavy atom. The summed E-state index contributed by atoms with van der Waals surface area (Å²) in [5, 5.41) is 2.91. The number of hydrogen-bond acceptors (Lipinski definition) is 3. The van der Waals surface area contributed by atoms with E-state index in [9.17, 15) is 14.0 Å². The van der Waals surface area contributed by atoms with Crippen LogP contribution in [0.2, 0.25) is 0 Å². The Morgan fingerprint density at radius 1 is 0.939 bits per heavy atom. The second kappa shape index (κ2) is 10.8. The van der Waals surface area contributed by atoms with E-state index in [0.29, 0.717) is 30.8 Å². The molecule has 1 aliphatic rings. The topological polar surface area (TPSA) is 58.6 Å². The monoisotopic (exact) mass is 446 g/mol. The summed E-state index contributed by atoms with van der Waals surface area (Å²) in [5.41, 5.74) is 1.80. The third kappa shape index (κ3) is 6.19. The first-order chi connectivity index (χ1) is 16.1. The van der Waals surface area contributed by atoms with Crippen molar-refractivity contribution in [1.29, 1.82) is 0 Å². The van der Waals surface area contributed by atoms with Gasteiger partial charge in [-0.1, -0.05) is 60.7 Å². The number of nitrogens with zero attached hydrogens (tertiary/aromatic N) is 1. The number of carbonyl (C=O) groups is 2. The number of likely N-dealkylation sites (tertiary alicyclic amines) is 1. The van der Waals surface area contributed by atoms with Crippen molar-refractivity contribution in [2.24, 2.45) is 5.92 Å². The Hall–Kier alpha value is -3.67. The molecule has 170 valence electrons. The summed E-state index contributed by atoms with van der Waals surface area (Å²) in [5.74, 6) is -0.307. The third-order valence-corrected chi connectivity index (χ3v) is 5.91. The molecule has 1 aliphatic heterocycles. The van der Waals surface area contributed by atoms with Gasteiger partial charge in [0.2, 0.25) is 5.91 Å². The van der Waals surface area contributed by atoms with Crippen molar-refractivity contribution >= 4 is 11.8 Å². The molecule has 0 aliphatic carbocycles. The zero-order valence-corrected chi connectivity index (χ0v) is 18.3. The maximum Gasteiger partial charge on any atom is 0.260 e. The number of hydrogen-bond donors (Lipinski definition) is 1. The highest BCUT2D eigenvalue weighted by atomic mass is 19.1. The van der Waals surface area contributed by atoms with Crippen LogP contribution in [0, 0.1) is 11.7 Å². The fourth-order valence-electron chi connectivity index (χ4n) is 4.19. The maximum absolute atomic E-state index is 13.5. The minimum Gasteiger partial charge on any atom is -0.484 e. The van der Waals surface area contributed by atoms with E-state index in [1.807, 2.05) is 48.5 Å². The number of ether oxygens (including phenoxy) is 1. The van der Waals surface area contributed by atoms with Crippen molar-refractivity contribution in [2.45, 2.75) is 18.9 Å². The fourth-order valence-corrected chi connectivity index (χ4v) is 4.19. The maximum atomic E-state index is 13.5. The van der Waals surface area contributed by atoms with Crippen LogP contribution in [0.25, 0.3) is 0 Å². The van der Waals surface area contributed by atoms with E-state index in [0.717, 1.165) is 5.56 Å². The Morgan fingerprint density at radius 3 is 2.39 bits per heavy atom. The van der Waals surface area contributed by atoms with Gasteiger partial charge in [0.15, 0.2) is 6.61 Å². The molecule has 2 amide bonds. The smallest absolute Gasteiger partial charge is 0.260 e. The Balaban J connectivity index is 1.43. The quantitative estimate of drug-likeness (QED) is 0.593. The minimum atomic E-state index is -0.363. The van der Waals surface area contributed by atoms with Gasteiger partial charge < -0.3 is 15.0 Å². The molecule has 33 heavy (non-hydrogen) atoms. The van der Waals surface area contributed by atoms with Crippen molar-refractivity contribution in [3.63, 3.8) is 0 Å². The molecule has 2 unspecified atom stereocenters. The number of piperidine rings is 1. The van der Waals surface area contributed by atoms with Crippen molar-refractivity contribution in [2.75, 3.05) is 19.7 Å². The Kier molecular flexibility index (Phi) is 7.35. The minimum absolute atomic E-state index is 0.0468. The molecule has 0 bridgehead atoms. The molecule has 3 aromatic carbocycles. The van der Waals surface area contributed by atoms with Crippen LogP contribution >= 0.6 is 0 Å². The SMILES string of the molecule is O=C(NCc1cccc(F)c1)C1CC(c2ccccc2)CN(C(=O)COc2ccccc2)C1. The van der Waals surface area contributed by atoms with Crippen LogP contribution < -0.4 is 10.1 Å². The number of rotatable bonds is 7. The summed E-state index contributed by atoms with van der Waals surface area (Å²) in [6.45, 7) is 1.03. The van der Waals surface area contributed by atoms with Gasteiger partial charge in [-0.3, -0.25) is 9.59 Å². The number of benzene rings is 3. The molecule has 6 heteroatoms. The van der Waals surface area contributed by atoms with Crippen LogP contribution in [0.1, 0.15) is 23.5 Å². The van der Waals surface area contributed by atoms with Crippen LogP contribution in [-0.2, 0) is 16.1 Å². The van der Waals surface area contributed by atoms with E-state index in [1.165, 1.54) is 12.1 Å². The van der Waals surface area contributed by atoms with Gasteiger partial charge in [-0.2, -0.15) is 0 Å². The second-order valence-electron chi connectivity index (χ2n) is 8.29. The van der Waals surface area contributed by atoms with Crippen molar-refractivity contribution < 1.29 is 18.7 Å². The van der Waals surface area contributed by atoms with Gasteiger partial charge in [-0.25, -0.2) is 4.39 Å². The molecule has 0 saturated carbocycles. The first kappa shape index (κ1) is 22.5. The number of amides is 2. The molecule has 0 radical (unpaired) electrons. The molecule has 3 aromatic rings. The van der Waals surface area contributed by atoms with Gasteiger partial charge in [0.1, 0.15) is 11.6 Å². The van der Waals surface area contributed by atoms with E-state index in [4.69, 9.17) is 4.74 Å². The molecule has 4 rings (SSSR count). The van der Waals surface area contributed by atoms with Crippen molar-refractivity contribution in [3.8, 4) is 5.75 Å². The summed E-state index contributed by atoms with van der Waals surface area (Å²) in [7, 11) is 0. The highest BCUT2D eigenvalue weighted by Crippen LogP contribution is 2.30. The molecule has 1 N–H and O–H groups in total. The van der Waals surface area contributed by atoms with Crippen LogP contribution in [0.15, 0.2) is 84.9 Å². The number of halogens is 1. The summed E-state index contributed by atoms with van der Waals surface area (Å²) >= 11 is 0. The molecular weight excluding hydrogens is 419 g/mol. The molecule has 2 atom stereocenters. The average molecular weight is 447 g/mol. The van der Waals surface area contributed by atoms with Gasteiger partial charge in [0.05, 0.1) is 5.92 Å². The summed E-state index contributed by atoms with van der Waals surface area (Å²) in [6, 6.07) is 25.3. The van der Waals surface area contributed by atoms with Crippen molar-refractivity contribution in [1.82, 2.24) is 10.2 Å². The zero-order valence-electron chi connectivity index (χ0n) is 18.3. The predicted molar refractivity (Wildman–Crippen MR) is 124 cm³/mol. The van der Waals surface area contributed by atoms with Crippen molar-refractivity contribution in [3.05, 3.63) is 102 Å². The molecule has 5 nitrogen and oxygen atoms in total. The predicted octanol–water partition coefficient (Wildman–Crippen LogP) is 4.15. The molecule has 1 saturated heterocycles. The van der Waals surface area contributed by atoms with E-state index in [1.54, 1.807) is 29.2 Å². The molecule has 1 fully saturated rings. The summed E-state index contributed by atoms with van der Waals surface area (Å²) in [6.07, 6.45) is 0.641. The molecular formula is C27H27FN2O3. The lowest BCUT2D eigenvalue weighted by Gasteiger charge is -2.37. The van der Waals surface area contributed by atoms with Crippen LogP contribution in [-0.4, -0.2) is 36.4 Å². The van der Waals surface area contributed by atoms with Crippen LogP contribution in [0.3, 0.4) is 0 Å². The Bertz CT molecular complexity index is 1070. The standard InChI is InChI=1S/C27H27FN2O3/c28-24-11-7-8-20(14-24)16-29-27(32)23-15-22(21-9-3-1-4-10-21)17-30(18-23)26(31)19-33-25-12-5-2-6-13-25/h1-14,22-23H,15-19H2,(H,29,32). The van der Waals surface area contributed by atoms with Gasteiger partial charge in [0.25, 0.3) is 5.91 Å². The third-order valence-electron chi connectivity index (χ3n) is 5.91. The van der Waals surface area contributed by atoms with Gasteiger partial charge >= 0.3 is 0 Å². The van der Waals surface area contributed by atoms with Gasteiger partial charge in [-0.15, -0.1) is 0 Å². The lowest BCUT2D eigenvalue weighted by Crippen LogP contribution is -2.49. The average Bonchev–Trinajstić information content (AvgIpc) is 2.86. The lowest BCUT2D eigenvalue weighted by molar-refractivity contribution is -0.138. The number of para-hydroxylation sites is 1. The fraction of sp³-hybridized carbons (Fsp3) is 0.259. The highest BCUT2D eigenvalue weighted by molar-refractivity contribution is 5.82. The van der Waals surface area contributed by atoms with Gasteiger partial charge in [-0.05, 0) is 41.8 Å². The van der Waals surface area contributed by atoms with Gasteiger partial charge in [0, 0.05) is 25.6 Å². The normalized spacial score (nSPS) is 17.9. The molecule has 0 aromatic heterocycles. The van der Waals surface area contributed by atoms with E-state index >= 15 is 0 Å². The van der Waals surface area contributed by atoms with Crippen LogP contribution in [0.4, 0.5) is 4.39 Å². The number of carbonyl (C=O) groups excluding carboxylic acids is 2. The Labute approximate surface area is 193 Å². The van der Waals surface area contributed by atoms with E-state index < -0.39 is 0 Å². The van der Waals surface area contributed by atoms with Crippen LogP contribution in [0.5, 0.6) is 5.75 Å². The lowest BCUT2D eigenvalue weighted by atomic mass is 9.84. The number of nitrogens with one attached hydrogen (secondary N) is 1. The summed E-state index contributed by atoms with van der Waals surface area (Å²) in [4.78, 5) is 27.7. The first-order valence-electron chi connectivity index (χ1n) is 11.1. The summed E-state index contributed by atoms with van der Waals surface area (Å²) < 4.78 is 19.1. The second-order valence-corrected chi connectivity index (χ2v) is 8.29. The first-order valence-corrected chi connectivity index (χ1v) is 11.1. The molecule has 0 spiro atoms. The van der Waals surface area contributed by atoms with E-state index in [-0.39, 0.29) is 42.6 Å². The van der Waals surface area contributed by atoms with E-state index in [2.05, 4.69) is 5.32 Å². The molecule has 1 heterocycles. The highest BCUT2D eigenvalue weighted by Gasteiger charge is 2.34.